The molecule has 0 unspecified atom stereocenters. The van der Waals surface area contributed by atoms with Gasteiger partial charge in [0.05, 0.1) is 0 Å². The second-order valence-electron chi connectivity index (χ2n) is 6.79. The van der Waals surface area contributed by atoms with E-state index in [2.05, 4.69) is 53.7 Å². The highest BCUT2D eigenvalue weighted by Crippen LogP contribution is 2.45. The van der Waals surface area contributed by atoms with Crippen LogP contribution >= 0.6 is 0 Å². The number of hydrogen-bond donors (Lipinski definition) is 0. The Morgan fingerprint density at radius 2 is 1.47 bits per heavy atom. The highest BCUT2D eigenvalue weighted by atomic mass is 14.4. The maximum absolute atomic E-state index is 2.41. The molecule has 1 aromatic carbocycles. The molecule has 0 radical (unpaired) electrons. The predicted octanol–water partition coefficient (Wildman–Crippen LogP) is 5.16. The molecule has 0 aliphatic heterocycles. The zero-order chi connectivity index (χ0) is 12.8. The Labute approximate surface area is 106 Å². The van der Waals surface area contributed by atoms with E-state index in [0.29, 0.717) is 17.3 Å². The fraction of sp³-hybridized carbons (Fsp3) is 0.647. The Morgan fingerprint density at radius 3 is 2.00 bits per heavy atom. The van der Waals surface area contributed by atoms with Gasteiger partial charge in [-0.1, -0.05) is 53.7 Å². The van der Waals surface area contributed by atoms with Crippen molar-refractivity contribution in [2.24, 2.45) is 0 Å². The lowest BCUT2D eigenvalue weighted by Gasteiger charge is -2.26. The second kappa shape index (κ2) is 4.15. The van der Waals surface area contributed by atoms with Gasteiger partial charge in [0.1, 0.15) is 0 Å². The summed E-state index contributed by atoms with van der Waals surface area (Å²) in [6.45, 7) is 14.1. The third kappa shape index (κ3) is 2.03. The van der Waals surface area contributed by atoms with E-state index in [0.717, 1.165) is 0 Å². The molecule has 1 aromatic rings. The topological polar surface area (TPSA) is 0 Å². The predicted molar refractivity (Wildman–Crippen MR) is 76.0 cm³/mol. The standard InChI is InChI=1S/C17H26/c1-11(2)13-7-8-14(12(3)4)16-15(13)9-10-17(16,5)6/h7-8,11-12H,9-10H2,1-6H3. The van der Waals surface area contributed by atoms with E-state index >= 15 is 0 Å². The van der Waals surface area contributed by atoms with Crippen LogP contribution in [-0.2, 0) is 11.8 Å². The molecule has 0 fully saturated rings. The first-order chi connectivity index (χ1) is 7.84. The van der Waals surface area contributed by atoms with Gasteiger partial charge < -0.3 is 0 Å². The summed E-state index contributed by atoms with van der Waals surface area (Å²) < 4.78 is 0. The van der Waals surface area contributed by atoms with E-state index in [9.17, 15) is 0 Å². The van der Waals surface area contributed by atoms with E-state index < -0.39 is 0 Å². The molecule has 0 nitrogen and oxygen atoms in total. The molecule has 0 atom stereocenters. The third-order valence-corrected chi connectivity index (χ3v) is 4.30. The zero-order valence-electron chi connectivity index (χ0n) is 12.2. The minimum absolute atomic E-state index is 0.375. The summed E-state index contributed by atoms with van der Waals surface area (Å²) in [5.41, 5.74) is 6.86. The van der Waals surface area contributed by atoms with E-state index in [1.165, 1.54) is 12.8 Å². The molecular weight excluding hydrogens is 204 g/mol. The fourth-order valence-electron chi connectivity index (χ4n) is 3.34. The van der Waals surface area contributed by atoms with Crippen molar-refractivity contribution in [2.45, 2.75) is 71.6 Å². The van der Waals surface area contributed by atoms with Crippen LogP contribution in [-0.4, -0.2) is 0 Å². The maximum Gasteiger partial charge on any atom is -0.00947 e. The largest absolute Gasteiger partial charge is 0.0587 e. The van der Waals surface area contributed by atoms with Crippen LogP contribution in [0.3, 0.4) is 0 Å². The van der Waals surface area contributed by atoms with E-state index in [-0.39, 0.29) is 0 Å². The Kier molecular flexibility index (Phi) is 3.10. The van der Waals surface area contributed by atoms with Crippen molar-refractivity contribution in [3.8, 4) is 0 Å². The van der Waals surface area contributed by atoms with Crippen molar-refractivity contribution in [3.05, 3.63) is 34.4 Å². The lowest BCUT2D eigenvalue weighted by Crippen LogP contribution is -2.16. The highest BCUT2D eigenvalue weighted by Gasteiger charge is 2.34. The van der Waals surface area contributed by atoms with Crippen LogP contribution < -0.4 is 0 Å². The Morgan fingerprint density at radius 1 is 0.941 bits per heavy atom. The molecule has 1 aliphatic carbocycles. The smallest absolute Gasteiger partial charge is 0.00947 e. The molecular formula is C17H26. The fourth-order valence-corrected chi connectivity index (χ4v) is 3.34. The quantitative estimate of drug-likeness (QED) is 0.658. The average Bonchev–Trinajstić information content (AvgIpc) is 2.54. The van der Waals surface area contributed by atoms with Crippen LogP contribution in [0.4, 0.5) is 0 Å². The first kappa shape index (κ1) is 12.7. The summed E-state index contributed by atoms with van der Waals surface area (Å²) in [6.07, 6.45) is 2.59. The third-order valence-electron chi connectivity index (χ3n) is 4.30. The van der Waals surface area contributed by atoms with Gasteiger partial charge in [0, 0.05) is 0 Å². The Balaban J connectivity index is 2.67. The van der Waals surface area contributed by atoms with Crippen LogP contribution in [0.15, 0.2) is 12.1 Å². The number of fused-ring (bicyclic) bond motifs is 1. The van der Waals surface area contributed by atoms with Crippen molar-refractivity contribution >= 4 is 0 Å². The summed E-state index contributed by atoms with van der Waals surface area (Å²) in [4.78, 5) is 0. The van der Waals surface area contributed by atoms with Gasteiger partial charge in [-0.25, -0.2) is 0 Å². The average molecular weight is 230 g/mol. The zero-order valence-corrected chi connectivity index (χ0v) is 12.2. The number of hydrogen-bond acceptors (Lipinski definition) is 0. The molecule has 0 saturated carbocycles. The summed E-state index contributed by atoms with van der Waals surface area (Å²) in [7, 11) is 0. The number of benzene rings is 1. The monoisotopic (exact) mass is 230 g/mol. The summed E-state index contributed by atoms with van der Waals surface area (Å²) in [5.74, 6) is 1.29. The normalized spacial score (nSPS) is 17.9. The molecule has 0 spiro atoms. The van der Waals surface area contributed by atoms with E-state index in [1.54, 1.807) is 22.3 Å². The lowest BCUT2D eigenvalue weighted by molar-refractivity contribution is 0.515. The molecule has 1 aliphatic rings. The molecule has 0 N–H and O–H groups in total. The van der Waals surface area contributed by atoms with Gasteiger partial charge in [0.2, 0.25) is 0 Å². The second-order valence-corrected chi connectivity index (χ2v) is 6.79. The van der Waals surface area contributed by atoms with Gasteiger partial charge in [-0.05, 0) is 52.3 Å². The molecule has 2 rings (SSSR count). The van der Waals surface area contributed by atoms with Crippen molar-refractivity contribution in [3.63, 3.8) is 0 Å². The summed E-state index contributed by atoms with van der Waals surface area (Å²) >= 11 is 0. The van der Waals surface area contributed by atoms with E-state index in [1.807, 2.05) is 0 Å². The lowest BCUT2D eigenvalue weighted by atomic mass is 9.79. The number of rotatable bonds is 2. The van der Waals surface area contributed by atoms with Crippen LogP contribution in [0.25, 0.3) is 0 Å². The van der Waals surface area contributed by atoms with Crippen molar-refractivity contribution in [2.75, 3.05) is 0 Å². The minimum Gasteiger partial charge on any atom is -0.0587 e. The highest BCUT2D eigenvalue weighted by molar-refractivity contribution is 5.50. The van der Waals surface area contributed by atoms with Gasteiger partial charge >= 0.3 is 0 Å². The molecule has 17 heavy (non-hydrogen) atoms. The van der Waals surface area contributed by atoms with Gasteiger partial charge in [-0.2, -0.15) is 0 Å². The van der Waals surface area contributed by atoms with Crippen LogP contribution in [0.1, 0.15) is 82.1 Å². The maximum atomic E-state index is 2.41. The van der Waals surface area contributed by atoms with Crippen LogP contribution in [0.2, 0.25) is 0 Å². The molecule has 0 bridgehead atoms. The summed E-state index contributed by atoms with van der Waals surface area (Å²) in [6, 6.07) is 4.76. The molecule has 0 aromatic heterocycles. The van der Waals surface area contributed by atoms with Crippen molar-refractivity contribution in [1.29, 1.82) is 0 Å². The molecule has 0 saturated heterocycles. The van der Waals surface area contributed by atoms with E-state index in [4.69, 9.17) is 0 Å². The first-order valence-electron chi connectivity index (χ1n) is 7.00. The molecule has 0 amide bonds. The van der Waals surface area contributed by atoms with Crippen LogP contribution in [0.5, 0.6) is 0 Å². The van der Waals surface area contributed by atoms with Gasteiger partial charge in [0.15, 0.2) is 0 Å². The Bertz CT molecular complexity index is 422. The Hall–Kier alpha value is -0.780. The first-order valence-corrected chi connectivity index (χ1v) is 7.00. The molecule has 0 heteroatoms. The van der Waals surface area contributed by atoms with Crippen molar-refractivity contribution in [1.82, 2.24) is 0 Å². The molecule has 0 heterocycles. The van der Waals surface area contributed by atoms with Gasteiger partial charge in [-0.15, -0.1) is 0 Å². The van der Waals surface area contributed by atoms with Crippen molar-refractivity contribution < 1.29 is 0 Å². The summed E-state index contributed by atoms with van der Waals surface area (Å²) in [5, 5.41) is 0. The molecule has 94 valence electrons. The van der Waals surface area contributed by atoms with Gasteiger partial charge in [0.25, 0.3) is 0 Å². The SMILES string of the molecule is CC(C)c1ccc(C(C)C)c2c1CCC2(C)C. The van der Waals surface area contributed by atoms with Gasteiger partial charge in [-0.3, -0.25) is 0 Å². The van der Waals surface area contributed by atoms with Crippen LogP contribution in [0, 0.1) is 0 Å². The minimum atomic E-state index is 0.375.